The van der Waals surface area contributed by atoms with Gasteiger partial charge in [-0.2, -0.15) is 0 Å². The number of hydrogen-bond acceptors (Lipinski definition) is 4. The molecule has 1 aliphatic heterocycles. The normalized spacial score (nSPS) is 13.4. The number of thiazole rings is 1. The number of benzene rings is 1. The third kappa shape index (κ3) is 2.80. The number of likely N-dealkylation sites (N-methyl/N-ethyl adjacent to an activating group) is 1. The van der Waals surface area contributed by atoms with Crippen molar-refractivity contribution in [3.05, 3.63) is 52.0 Å². The summed E-state index contributed by atoms with van der Waals surface area (Å²) in [5.41, 5.74) is 1.69. The van der Waals surface area contributed by atoms with Gasteiger partial charge in [-0.25, -0.2) is 4.98 Å². The molecule has 6 heteroatoms. The second-order valence-electron chi connectivity index (χ2n) is 4.99. The van der Waals surface area contributed by atoms with Crippen molar-refractivity contribution in [2.24, 2.45) is 0 Å². The molecule has 0 atom stereocenters. The van der Waals surface area contributed by atoms with Crippen LogP contribution in [0.3, 0.4) is 0 Å². The van der Waals surface area contributed by atoms with Gasteiger partial charge in [0.1, 0.15) is 11.6 Å². The maximum atomic E-state index is 12.2. The monoisotopic (exact) mass is 301 g/mol. The summed E-state index contributed by atoms with van der Waals surface area (Å²) in [5.74, 6) is -0.145. The van der Waals surface area contributed by atoms with E-state index in [0.717, 1.165) is 10.6 Å². The van der Waals surface area contributed by atoms with Crippen LogP contribution < -0.4 is 0 Å². The predicted octanol–water partition coefficient (Wildman–Crippen LogP) is 1.76. The standard InChI is InChI=1S/C15H15N3O2S/c1-17(9-13-16-6-7-21-13)14(19)10-18-8-11-4-2-3-5-12(11)15(18)20/h2-7H,8-10H2,1H3. The molecule has 0 saturated carbocycles. The molecule has 1 aromatic carbocycles. The van der Waals surface area contributed by atoms with Gasteiger partial charge < -0.3 is 9.80 Å². The molecule has 2 aromatic rings. The summed E-state index contributed by atoms with van der Waals surface area (Å²) in [7, 11) is 1.73. The first-order valence-electron chi connectivity index (χ1n) is 6.64. The smallest absolute Gasteiger partial charge is 0.254 e. The van der Waals surface area contributed by atoms with Crippen LogP contribution in [0.4, 0.5) is 0 Å². The Bertz CT molecular complexity index is 669. The van der Waals surface area contributed by atoms with Crippen LogP contribution in [0.25, 0.3) is 0 Å². The fraction of sp³-hybridized carbons (Fsp3) is 0.267. The van der Waals surface area contributed by atoms with Gasteiger partial charge in [0.25, 0.3) is 5.91 Å². The molecule has 0 aliphatic carbocycles. The van der Waals surface area contributed by atoms with Gasteiger partial charge >= 0.3 is 0 Å². The number of aromatic nitrogens is 1. The third-order valence-corrected chi connectivity index (χ3v) is 4.27. The number of nitrogens with zero attached hydrogens (tertiary/aromatic N) is 3. The highest BCUT2D eigenvalue weighted by Gasteiger charge is 2.29. The lowest BCUT2D eigenvalue weighted by Gasteiger charge is -2.20. The van der Waals surface area contributed by atoms with Gasteiger partial charge in [0.05, 0.1) is 6.54 Å². The van der Waals surface area contributed by atoms with Gasteiger partial charge in [0.2, 0.25) is 5.91 Å². The highest BCUT2D eigenvalue weighted by Crippen LogP contribution is 2.22. The van der Waals surface area contributed by atoms with Crippen molar-refractivity contribution in [3.8, 4) is 0 Å². The van der Waals surface area contributed by atoms with Crippen molar-refractivity contribution in [1.82, 2.24) is 14.8 Å². The van der Waals surface area contributed by atoms with Crippen molar-refractivity contribution < 1.29 is 9.59 Å². The van der Waals surface area contributed by atoms with Crippen molar-refractivity contribution in [1.29, 1.82) is 0 Å². The SMILES string of the molecule is CN(Cc1nccs1)C(=O)CN1Cc2ccccc2C1=O. The van der Waals surface area contributed by atoms with Crippen molar-refractivity contribution >= 4 is 23.2 Å². The quantitative estimate of drug-likeness (QED) is 0.864. The van der Waals surface area contributed by atoms with Crippen LogP contribution in [0, 0.1) is 0 Å². The van der Waals surface area contributed by atoms with Gasteiger partial charge in [-0.3, -0.25) is 9.59 Å². The number of hydrogen-bond donors (Lipinski definition) is 0. The summed E-state index contributed by atoms with van der Waals surface area (Å²) in [6.45, 7) is 1.09. The van der Waals surface area contributed by atoms with Crippen LogP contribution in [0.15, 0.2) is 35.8 Å². The molecule has 0 N–H and O–H groups in total. The third-order valence-electron chi connectivity index (χ3n) is 3.50. The molecule has 3 rings (SSSR count). The highest BCUT2D eigenvalue weighted by atomic mass is 32.1. The van der Waals surface area contributed by atoms with Gasteiger partial charge in [0, 0.05) is 30.7 Å². The summed E-state index contributed by atoms with van der Waals surface area (Å²) < 4.78 is 0. The second-order valence-corrected chi connectivity index (χ2v) is 5.97. The molecule has 0 saturated heterocycles. The van der Waals surface area contributed by atoms with E-state index in [-0.39, 0.29) is 18.4 Å². The minimum atomic E-state index is -0.0774. The lowest BCUT2D eigenvalue weighted by Crippen LogP contribution is -2.38. The number of carbonyl (C=O) groups is 2. The van der Waals surface area contributed by atoms with E-state index in [1.165, 1.54) is 11.3 Å². The molecule has 108 valence electrons. The van der Waals surface area contributed by atoms with Crippen molar-refractivity contribution in [2.75, 3.05) is 13.6 Å². The number of rotatable bonds is 4. The minimum absolute atomic E-state index is 0.0680. The van der Waals surface area contributed by atoms with Crippen LogP contribution in [-0.4, -0.2) is 40.2 Å². The lowest BCUT2D eigenvalue weighted by molar-refractivity contribution is -0.131. The van der Waals surface area contributed by atoms with Crippen LogP contribution in [0.2, 0.25) is 0 Å². The number of amides is 2. The molecule has 1 aromatic heterocycles. The zero-order valence-electron chi connectivity index (χ0n) is 11.7. The van der Waals surface area contributed by atoms with Gasteiger partial charge in [-0.05, 0) is 11.6 Å². The van der Waals surface area contributed by atoms with E-state index < -0.39 is 0 Å². The first-order chi connectivity index (χ1) is 10.1. The molecular formula is C15H15N3O2S. The predicted molar refractivity (Wildman–Crippen MR) is 79.8 cm³/mol. The Balaban J connectivity index is 1.62. The zero-order valence-corrected chi connectivity index (χ0v) is 12.5. The van der Waals surface area contributed by atoms with Gasteiger partial charge in [-0.15, -0.1) is 11.3 Å². The molecule has 2 amide bonds. The molecule has 0 unspecified atom stereocenters. The molecule has 0 fully saturated rings. The largest absolute Gasteiger partial charge is 0.337 e. The maximum Gasteiger partial charge on any atom is 0.254 e. The Morgan fingerprint density at radius 2 is 2.24 bits per heavy atom. The fourth-order valence-corrected chi connectivity index (χ4v) is 3.02. The molecule has 0 spiro atoms. The maximum absolute atomic E-state index is 12.2. The van der Waals surface area contributed by atoms with Gasteiger partial charge in [-0.1, -0.05) is 18.2 Å². The summed E-state index contributed by atoms with van der Waals surface area (Å²) in [5, 5.41) is 2.77. The van der Waals surface area contributed by atoms with Crippen molar-refractivity contribution in [2.45, 2.75) is 13.1 Å². The molecule has 0 bridgehead atoms. The van der Waals surface area contributed by atoms with Gasteiger partial charge in [0.15, 0.2) is 0 Å². The lowest BCUT2D eigenvalue weighted by atomic mass is 10.1. The topological polar surface area (TPSA) is 53.5 Å². The first-order valence-corrected chi connectivity index (χ1v) is 7.52. The average molecular weight is 301 g/mol. The van der Waals surface area contributed by atoms with Crippen LogP contribution in [0.1, 0.15) is 20.9 Å². The fourth-order valence-electron chi connectivity index (χ4n) is 2.35. The Morgan fingerprint density at radius 1 is 1.43 bits per heavy atom. The summed E-state index contributed by atoms with van der Waals surface area (Å²) in [4.78, 5) is 31.8. The van der Waals surface area contributed by atoms with E-state index in [4.69, 9.17) is 0 Å². The average Bonchev–Trinajstić information content (AvgIpc) is 3.08. The van der Waals surface area contributed by atoms with E-state index in [0.29, 0.717) is 18.7 Å². The van der Waals surface area contributed by atoms with Crippen molar-refractivity contribution in [3.63, 3.8) is 0 Å². The van der Waals surface area contributed by atoms with E-state index >= 15 is 0 Å². The number of fused-ring (bicyclic) bond motifs is 1. The Labute approximate surface area is 126 Å². The van der Waals surface area contributed by atoms with E-state index in [1.807, 2.05) is 23.6 Å². The Morgan fingerprint density at radius 3 is 2.95 bits per heavy atom. The molecule has 5 nitrogen and oxygen atoms in total. The zero-order chi connectivity index (χ0) is 14.8. The molecular weight excluding hydrogens is 286 g/mol. The summed E-state index contributed by atoms with van der Waals surface area (Å²) >= 11 is 1.52. The van der Waals surface area contributed by atoms with Crippen LogP contribution >= 0.6 is 11.3 Å². The summed E-state index contributed by atoms with van der Waals surface area (Å²) in [6.07, 6.45) is 1.72. The first kappa shape index (κ1) is 13.8. The molecule has 1 aliphatic rings. The molecule has 2 heterocycles. The van der Waals surface area contributed by atoms with Crippen LogP contribution in [-0.2, 0) is 17.9 Å². The van der Waals surface area contributed by atoms with Crippen LogP contribution in [0.5, 0.6) is 0 Å². The minimum Gasteiger partial charge on any atom is -0.337 e. The summed E-state index contributed by atoms with van der Waals surface area (Å²) in [6, 6.07) is 7.49. The Hall–Kier alpha value is -2.21. The van der Waals surface area contributed by atoms with E-state index in [9.17, 15) is 9.59 Å². The molecule has 21 heavy (non-hydrogen) atoms. The molecule has 0 radical (unpaired) electrons. The second kappa shape index (κ2) is 5.65. The van der Waals surface area contributed by atoms with E-state index in [2.05, 4.69) is 4.98 Å². The Kier molecular flexibility index (Phi) is 3.70. The van der Waals surface area contributed by atoms with E-state index in [1.54, 1.807) is 29.1 Å². The highest BCUT2D eigenvalue weighted by molar-refractivity contribution is 7.09. The number of carbonyl (C=O) groups excluding carboxylic acids is 2.